The van der Waals surface area contributed by atoms with Crippen LogP contribution in [0.15, 0.2) is 58.8 Å². The molecule has 0 saturated carbocycles. The van der Waals surface area contributed by atoms with Gasteiger partial charge in [0.15, 0.2) is 0 Å². The molecule has 1 aromatic carbocycles. The van der Waals surface area contributed by atoms with Gasteiger partial charge in [0, 0.05) is 29.7 Å². The van der Waals surface area contributed by atoms with Crippen molar-refractivity contribution in [2.45, 2.75) is 13.1 Å². The van der Waals surface area contributed by atoms with Crippen LogP contribution in [0.3, 0.4) is 0 Å². The largest absolute Gasteiger partial charge is 0.467 e. The van der Waals surface area contributed by atoms with Crippen LogP contribution in [0.4, 0.5) is 0 Å². The molecule has 0 aliphatic heterocycles. The number of aromatic nitrogens is 1. The van der Waals surface area contributed by atoms with Crippen LogP contribution in [0, 0.1) is 11.3 Å². The van der Waals surface area contributed by atoms with E-state index < -0.39 is 5.91 Å². The van der Waals surface area contributed by atoms with Gasteiger partial charge in [0.05, 0.1) is 12.8 Å². The maximum atomic E-state index is 12.3. The molecule has 3 rings (SSSR count). The highest BCUT2D eigenvalue weighted by Gasteiger charge is 2.13. The number of rotatable bonds is 6. The first kappa shape index (κ1) is 18.0. The van der Waals surface area contributed by atoms with E-state index in [1.807, 2.05) is 30.3 Å². The standard InChI is InChI=1S/C20H18N4O3/c1-22-20(26)14(10-21)9-15-12-24(18-7-3-2-6-17(15)18)13-19(25)23-11-16-5-4-8-27-16/h2-9,12H,11,13H2,1H3,(H,22,26)(H,23,25)/b14-9+. The summed E-state index contributed by atoms with van der Waals surface area (Å²) >= 11 is 0. The highest BCUT2D eigenvalue weighted by molar-refractivity contribution is 6.04. The van der Waals surface area contributed by atoms with Crippen LogP contribution in [0.1, 0.15) is 11.3 Å². The van der Waals surface area contributed by atoms with E-state index in [0.29, 0.717) is 17.9 Å². The Morgan fingerprint density at radius 1 is 1.26 bits per heavy atom. The Labute approximate surface area is 155 Å². The van der Waals surface area contributed by atoms with Gasteiger partial charge in [-0.3, -0.25) is 9.59 Å². The number of amides is 2. The lowest BCUT2D eigenvalue weighted by molar-refractivity contribution is -0.121. The fraction of sp³-hybridized carbons (Fsp3) is 0.150. The summed E-state index contributed by atoms with van der Waals surface area (Å²) in [5, 5.41) is 15.3. The van der Waals surface area contributed by atoms with Crippen molar-refractivity contribution in [3.63, 3.8) is 0 Å². The van der Waals surface area contributed by atoms with Crippen molar-refractivity contribution in [3.05, 3.63) is 65.8 Å². The van der Waals surface area contributed by atoms with Gasteiger partial charge in [-0.1, -0.05) is 18.2 Å². The number of hydrogen-bond acceptors (Lipinski definition) is 4. The Bertz CT molecular complexity index is 1040. The lowest BCUT2D eigenvalue weighted by atomic mass is 10.1. The van der Waals surface area contributed by atoms with E-state index in [-0.39, 0.29) is 18.0 Å². The fourth-order valence-electron chi connectivity index (χ4n) is 2.77. The summed E-state index contributed by atoms with van der Waals surface area (Å²) in [5.74, 6) is 0.0496. The van der Waals surface area contributed by atoms with E-state index in [2.05, 4.69) is 10.6 Å². The normalized spacial score (nSPS) is 11.2. The van der Waals surface area contributed by atoms with Crippen molar-refractivity contribution in [1.82, 2.24) is 15.2 Å². The van der Waals surface area contributed by atoms with Crippen molar-refractivity contribution in [2.24, 2.45) is 0 Å². The summed E-state index contributed by atoms with van der Waals surface area (Å²) in [6.45, 7) is 0.421. The van der Waals surface area contributed by atoms with Crippen LogP contribution in [0.5, 0.6) is 0 Å². The van der Waals surface area contributed by atoms with Crippen LogP contribution < -0.4 is 10.6 Å². The molecule has 0 spiro atoms. The molecule has 0 unspecified atom stereocenters. The molecular weight excluding hydrogens is 344 g/mol. The van der Waals surface area contributed by atoms with Gasteiger partial charge in [0.2, 0.25) is 5.91 Å². The zero-order valence-corrected chi connectivity index (χ0v) is 14.7. The van der Waals surface area contributed by atoms with Crippen LogP contribution in [-0.4, -0.2) is 23.4 Å². The zero-order valence-electron chi connectivity index (χ0n) is 14.7. The molecule has 0 bridgehead atoms. The van der Waals surface area contributed by atoms with Crippen molar-refractivity contribution in [2.75, 3.05) is 7.05 Å². The third kappa shape index (κ3) is 4.07. The monoisotopic (exact) mass is 362 g/mol. The van der Waals surface area contributed by atoms with Gasteiger partial charge >= 0.3 is 0 Å². The van der Waals surface area contributed by atoms with Crippen LogP contribution in [0.25, 0.3) is 17.0 Å². The minimum atomic E-state index is -0.453. The van der Waals surface area contributed by atoms with Crippen molar-refractivity contribution in [1.29, 1.82) is 5.26 Å². The van der Waals surface area contributed by atoms with Crippen LogP contribution in [-0.2, 0) is 22.7 Å². The molecular formula is C20H18N4O3. The molecule has 2 N–H and O–H groups in total. The maximum absolute atomic E-state index is 12.3. The number of carbonyl (C=O) groups excluding carboxylic acids is 2. The summed E-state index contributed by atoms with van der Waals surface area (Å²) in [6.07, 6.45) is 4.84. The van der Waals surface area contributed by atoms with E-state index >= 15 is 0 Å². The summed E-state index contributed by atoms with van der Waals surface area (Å²) in [4.78, 5) is 24.1. The molecule has 7 heteroatoms. The average Bonchev–Trinajstić information content (AvgIpc) is 3.32. The van der Waals surface area contributed by atoms with E-state index in [4.69, 9.17) is 4.42 Å². The second-order valence-electron chi connectivity index (χ2n) is 5.83. The van der Waals surface area contributed by atoms with Gasteiger partial charge < -0.3 is 19.6 Å². The van der Waals surface area contributed by atoms with Gasteiger partial charge in [-0.05, 0) is 24.3 Å². The van der Waals surface area contributed by atoms with Crippen LogP contribution in [0.2, 0.25) is 0 Å². The highest BCUT2D eigenvalue weighted by atomic mass is 16.3. The first-order valence-electron chi connectivity index (χ1n) is 8.33. The first-order chi connectivity index (χ1) is 13.1. The third-order valence-electron chi connectivity index (χ3n) is 4.07. The van der Waals surface area contributed by atoms with Gasteiger partial charge in [-0.15, -0.1) is 0 Å². The molecule has 7 nitrogen and oxygen atoms in total. The smallest absolute Gasteiger partial charge is 0.261 e. The fourth-order valence-corrected chi connectivity index (χ4v) is 2.77. The van der Waals surface area contributed by atoms with E-state index in [1.165, 1.54) is 13.1 Å². The predicted octanol–water partition coefficient (Wildman–Crippen LogP) is 2.20. The molecule has 0 saturated heterocycles. The van der Waals surface area contributed by atoms with Crippen LogP contribution >= 0.6 is 0 Å². The number of fused-ring (bicyclic) bond motifs is 1. The minimum absolute atomic E-state index is 0.00248. The van der Waals surface area contributed by atoms with Gasteiger partial charge in [-0.2, -0.15) is 5.26 Å². The molecule has 2 amide bonds. The number of nitrogens with one attached hydrogen (secondary N) is 2. The number of furan rings is 1. The molecule has 0 fully saturated rings. The summed E-state index contributed by atoms with van der Waals surface area (Å²) in [6, 6.07) is 13.0. The molecule has 3 aromatic rings. The van der Waals surface area contributed by atoms with E-state index in [9.17, 15) is 14.9 Å². The number of nitrogens with zero attached hydrogens (tertiary/aromatic N) is 2. The van der Waals surface area contributed by atoms with Gasteiger partial charge in [0.1, 0.15) is 23.9 Å². The quantitative estimate of drug-likeness (QED) is 0.519. The van der Waals surface area contributed by atoms with E-state index in [1.54, 1.807) is 29.2 Å². The van der Waals surface area contributed by atoms with Crippen molar-refractivity contribution >= 4 is 28.8 Å². The number of para-hydroxylation sites is 1. The summed E-state index contributed by atoms with van der Waals surface area (Å²) < 4.78 is 6.99. The van der Waals surface area contributed by atoms with Crippen molar-refractivity contribution in [3.8, 4) is 6.07 Å². The molecule has 2 heterocycles. The number of benzene rings is 1. The Morgan fingerprint density at radius 3 is 2.78 bits per heavy atom. The second kappa shape index (κ2) is 8.06. The minimum Gasteiger partial charge on any atom is -0.467 e. The topological polar surface area (TPSA) is 100 Å². The molecule has 0 aliphatic carbocycles. The number of carbonyl (C=O) groups is 2. The molecule has 136 valence electrons. The summed E-state index contributed by atoms with van der Waals surface area (Å²) in [7, 11) is 1.47. The molecule has 0 aliphatic rings. The number of likely N-dealkylation sites (N-methyl/N-ethyl adjacent to an activating group) is 1. The second-order valence-corrected chi connectivity index (χ2v) is 5.83. The van der Waals surface area contributed by atoms with Gasteiger partial charge in [0.25, 0.3) is 5.91 Å². The highest BCUT2D eigenvalue weighted by Crippen LogP contribution is 2.23. The Balaban J connectivity index is 1.86. The third-order valence-corrected chi connectivity index (χ3v) is 4.07. The average molecular weight is 362 g/mol. The summed E-state index contributed by atoms with van der Waals surface area (Å²) in [5.41, 5.74) is 1.54. The zero-order chi connectivity index (χ0) is 19.2. The van der Waals surface area contributed by atoms with E-state index in [0.717, 1.165) is 10.9 Å². The Morgan fingerprint density at radius 2 is 2.07 bits per heavy atom. The number of nitriles is 1. The van der Waals surface area contributed by atoms with Gasteiger partial charge in [-0.25, -0.2) is 0 Å². The lowest BCUT2D eigenvalue weighted by Crippen LogP contribution is -2.26. The Kier molecular flexibility index (Phi) is 5.38. The molecule has 0 radical (unpaired) electrons. The molecule has 27 heavy (non-hydrogen) atoms. The SMILES string of the molecule is CNC(=O)/C(C#N)=C/c1cn(CC(=O)NCc2ccco2)c2ccccc12. The van der Waals surface area contributed by atoms with Crippen molar-refractivity contribution < 1.29 is 14.0 Å². The first-order valence-corrected chi connectivity index (χ1v) is 8.33. The molecule has 2 aromatic heterocycles. The Hall–Kier alpha value is -3.79. The molecule has 0 atom stereocenters. The lowest BCUT2D eigenvalue weighted by Gasteiger charge is -2.06. The predicted molar refractivity (Wildman–Crippen MR) is 100 cm³/mol. The number of hydrogen-bond donors (Lipinski definition) is 2. The maximum Gasteiger partial charge on any atom is 0.261 e.